The summed E-state index contributed by atoms with van der Waals surface area (Å²) in [5.41, 5.74) is 0.916. The van der Waals surface area contributed by atoms with Crippen LogP contribution in [0.3, 0.4) is 0 Å². The van der Waals surface area contributed by atoms with Gasteiger partial charge in [-0.3, -0.25) is 0 Å². The SMILES string of the molecule is COc1cccc(OC)c1-c1cccc(Cl)c1F. The van der Waals surface area contributed by atoms with Gasteiger partial charge in [-0.2, -0.15) is 0 Å². The summed E-state index contributed by atoms with van der Waals surface area (Å²) in [6.07, 6.45) is 0. The summed E-state index contributed by atoms with van der Waals surface area (Å²) < 4.78 is 24.6. The Balaban J connectivity index is 2.73. The predicted octanol–water partition coefficient (Wildman–Crippen LogP) is 4.16. The molecular weight excluding hydrogens is 255 g/mol. The molecule has 0 aliphatic heterocycles. The van der Waals surface area contributed by atoms with Crippen LogP contribution in [0.1, 0.15) is 0 Å². The third-order valence-electron chi connectivity index (χ3n) is 2.65. The first-order valence-electron chi connectivity index (χ1n) is 5.34. The summed E-state index contributed by atoms with van der Waals surface area (Å²) in [6.45, 7) is 0. The summed E-state index contributed by atoms with van der Waals surface area (Å²) in [5.74, 6) is 0.591. The minimum atomic E-state index is -0.484. The third-order valence-corrected chi connectivity index (χ3v) is 2.94. The molecule has 0 aliphatic carbocycles. The van der Waals surface area contributed by atoms with Gasteiger partial charge < -0.3 is 9.47 Å². The number of benzene rings is 2. The van der Waals surface area contributed by atoms with Gasteiger partial charge in [-0.05, 0) is 18.2 Å². The molecule has 2 rings (SSSR count). The Morgan fingerprint density at radius 3 is 2.06 bits per heavy atom. The molecule has 4 heteroatoms. The average Bonchev–Trinajstić information content (AvgIpc) is 2.41. The van der Waals surface area contributed by atoms with Crippen LogP contribution >= 0.6 is 11.6 Å². The van der Waals surface area contributed by atoms with Gasteiger partial charge in [0.2, 0.25) is 0 Å². The standard InChI is InChI=1S/C14H12ClFO2/c1-17-11-7-4-8-12(18-2)13(11)9-5-3-6-10(15)14(9)16/h3-8H,1-2H3. The molecule has 0 bridgehead atoms. The van der Waals surface area contributed by atoms with Gasteiger partial charge in [-0.1, -0.05) is 29.8 Å². The van der Waals surface area contributed by atoms with Gasteiger partial charge in [0.25, 0.3) is 0 Å². The lowest BCUT2D eigenvalue weighted by molar-refractivity contribution is 0.397. The zero-order chi connectivity index (χ0) is 13.1. The van der Waals surface area contributed by atoms with Crippen molar-refractivity contribution in [3.05, 3.63) is 47.2 Å². The Morgan fingerprint density at radius 1 is 0.944 bits per heavy atom. The van der Waals surface area contributed by atoms with E-state index in [4.69, 9.17) is 21.1 Å². The van der Waals surface area contributed by atoms with Crippen LogP contribution in [-0.4, -0.2) is 14.2 Å². The number of rotatable bonds is 3. The molecular formula is C14H12ClFO2. The fourth-order valence-electron chi connectivity index (χ4n) is 1.81. The van der Waals surface area contributed by atoms with E-state index in [2.05, 4.69) is 0 Å². The van der Waals surface area contributed by atoms with Crippen molar-refractivity contribution in [1.29, 1.82) is 0 Å². The smallest absolute Gasteiger partial charge is 0.149 e. The molecule has 0 amide bonds. The Bertz CT molecular complexity index is 547. The van der Waals surface area contributed by atoms with Crippen LogP contribution in [-0.2, 0) is 0 Å². The second kappa shape index (κ2) is 5.27. The van der Waals surface area contributed by atoms with E-state index < -0.39 is 5.82 Å². The molecule has 0 N–H and O–H groups in total. The highest BCUT2D eigenvalue weighted by atomic mass is 35.5. The van der Waals surface area contributed by atoms with Crippen molar-refractivity contribution in [3.8, 4) is 22.6 Å². The molecule has 18 heavy (non-hydrogen) atoms. The van der Waals surface area contributed by atoms with Gasteiger partial charge in [0, 0.05) is 5.56 Å². The second-order valence-corrected chi connectivity index (χ2v) is 4.05. The van der Waals surface area contributed by atoms with Crippen LogP contribution in [0, 0.1) is 5.82 Å². The number of halogens is 2. The minimum absolute atomic E-state index is 0.0699. The van der Waals surface area contributed by atoms with Gasteiger partial charge >= 0.3 is 0 Å². The monoisotopic (exact) mass is 266 g/mol. The fourth-order valence-corrected chi connectivity index (χ4v) is 1.99. The van der Waals surface area contributed by atoms with E-state index in [1.54, 1.807) is 30.3 Å². The van der Waals surface area contributed by atoms with Gasteiger partial charge in [-0.25, -0.2) is 4.39 Å². The molecule has 94 valence electrons. The molecule has 0 fully saturated rings. The quantitative estimate of drug-likeness (QED) is 0.830. The average molecular weight is 267 g/mol. The highest BCUT2D eigenvalue weighted by Crippen LogP contribution is 2.40. The number of methoxy groups -OCH3 is 2. The maximum absolute atomic E-state index is 14.1. The highest BCUT2D eigenvalue weighted by molar-refractivity contribution is 6.31. The molecule has 0 spiro atoms. The Kier molecular flexibility index (Phi) is 3.72. The van der Waals surface area contributed by atoms with Gasteiger partial charge in [-0.15, -0.1) is 0 Å². The topological polar surface area (TPSA) is 18.5 Å². The lowest BCUT2D eigenvalue weighted by atomic mass is 10.0. The fraction of sp³-hybridized carbons (Fsp3) is 0.143. The van der Waals surface area contributed by atoms with Crippen LogP contribution in [0.2, 0.25) is 5.02 Å². The largest absolute Gasteiger partial charge is 0.496 e. The minimum Gasteiger partial charge on any atom is -0.496 e. The summed E-state index contributed by atoms with van der Waals surface area (Å²) in [4.78, 5) is 0. The van der Waals surface area contributed by atoms with Crippen LogP contribution in [0.5, 0.6) is 11.5 Å². The Morgan fingerprint density at radius 2 is 1.50 bits per heavy atom. The summed E-state index contributed by atoms with van der Waals surface area (Å²) in [5, 5.41) is 0.0699. The van der Waals surface area contributed by atoms with Crippen LogP contribution in [0.15, 0.2) is 36.4 Å². The van der Waals surface area contributed by atoms with Crippen molar-refractivity contribution < 1.29 is 13.9 Å². The van der Waals surface area contributed by atoms with E-state index in [0.717, 1.165) is 0 Å². The zero-order valence-corrected chi connectivity index (χ0v) is 10.8. The predicted molar refractivity (Wildman–Crippen MR) is 70.0 cm³/mol. The first-order chi connectivity index (χ1) is 8.69. The molecule has 2 aromatic rings. The molecule has 2 nitrogen and oxygen atoms in total. The molecule has 0 saturated carbocycles. The second-order valence-electron chi connectivity index (χ2n) is 3.64. The molecule has 0 aliphatic rings. The van der Waals surface area contributed by atoms with Gasteiger partial charge in [0.1, 0.15) is 17.3 Å². The first kappa shape index (κ1) is 12.7. The van der Waals surface area contributed by atoms with E-state index in [1.807, 2.05) is 0 Å². The summed E-state index contributed by atoms with van der Waals surface area (Å²) in [7, 11) is 3.06. The van der Waals surface area contributed by atoms with Crippen LogP contribution in [0.25, 0.3) is 11.1 Å². The van der Waals surface area contributed by atoms with Crippen molar-refractivity contribution in [2.24, 2.45) is 0 Å². The molecule has 2 aromatic carbocycles. The normalized spacial score (nSPS) is 10.2. The first-order valence-corrected chi connectivity index (χ1v) is 5.72. The lowest BCUT2D eigenvalue weighted by Gasteiger charge is -2.14. The highest BCUT2D eigenvalue weighted by Gasteiger charge is 2.17. The van der Waals surface area contributed by atoms with Crippen molar-refractivity contribution >= 4 is 11.6 Å². The number of hydrogen-bond acceptors (Lipinski definition) is 2. The summed E-state index contributed by atoms with van der Waals surface area (Å²) in [6, 6.07) is 10.1. The van der Waals surface area contributed by atoms with Crippen molar-refractivity contribution in [2.75, 3.05) is 14.2 Å². The molecule has 0 aromatic heterocycles. The maximum atomic E-state index is 14.1. The zero-order valence-electron chi connectivity index (χ0n) is 10.0. The van der Waals surface area contributed by atoms with Crippen molar-refractivity contribution in [2.45, 2.75) is 0 Å². The van der Waals surface area contributed by atoms with E-state index in [1.165, 1.54) is 20.3 Å². The molecule has 0 heterocycles. The van der Waals surface area contributed by atoms with Crippen molar-refractivity contribution in [1.82, 2.24) is 0 Å². The van der Waals surface area contributed by atoms with Crippen LogP contribution in [0.4, 0.5) is 4.39 Å². The Hall–Kier alpha value is -1.74. The van der Waals surface area contributed by atoms with E-state index in [9.17, 15) is 4.39 Å². The molecule has 0 saturated heterocycles. The van der Waals surface area contributed by atoms with Gasteiger partial charge in [0.15, 0.2) is 0 Å². The summed E-state index contributed by atoms with van der Waals surface area (Å²) >= 11 is 5.80. The van der Waals surface area contributed by atoms with Crippen LogP contribution < -0.4 is 9.47 Å². The Labute approximate surface area is 110 Å². The van der Waals surface area contributed by atoms with Gasteiger partial charge in [0.05, 0.1) is 24.8 Å². The molecule has 0 atom stereocenters. The molecule has 0 radical (unpaired) electrons. The number of hydrogen-bond donors (Lipinski definition) is 0. The van der Waals surface area contributed by atoms with E-state index in [0.29, 0.717) is 22.6 Å². The van der Waals surface area contributed by atoms with Crippen molar-refractivity contribution in [3.63, 3.8) is 0 Å². The molecule has 0 unspecified atom stereocenters. The number of ether oxygens (including phenoxy) is 2. The van der Waals surface area contributed by atoms with E-state index >= 15 is 0 Å². The lowest BCUT2D eigenvalue weighted by Crippen LogP contribution is -1.95. The maximum Gasteiger partial charge on any atom is 0.149 e. The van der Waals surface area contributed by atoms with E-state index in [-0.39, 0.29) is 5.02 Å². The third kappa shape index (κ3) is 2.14.